The van der Waals surface area contributed by atoms with Gasteiger partial charge in [0.05, 0.1) is 11.7 Å². The van der Waals surface area contributed by atoms with Crippen LogP contribution in [0.15, 0.2) is 0 Å². The van der Waals surface area contributed by atoms with Crippen LogP contribution in [0.5, 0.6) is 0 Å². The highest BCUT2D eigenvalue weighted by Crippen LogP contribution is 2.23. The first-order valence-corrected chi connectivity index (χ1v) is 8.39. The minimum absolute atomic E-state index is 0.0491. The Morgan fingerprint density at radius 3 is 2.20 bits per heavy atom. The number of aliphatic carboxylic acids is 1. The highest BCUT2D eigenvalue weighted by molar-refractivity contribution is 7.88. The predicted octanol–water partition coefficient (Wildman–Crippen LogP) is 0.0275. The average molecular weight is 306 g/mol. The second-order valence-corrected chi connectivity index (χ2v) is 7.69. The summed E-state index contributed by atoms with van der Waals surface area (Å²) < 4.78 is 24.8. The van der Waals surface area contributed by atoms with Gasteiger partial charge < -0.3 is 10.0 Å². The summed E-state index contributed by atoms with van der Waals surface area (Å²) in [7, 11) is -3.23. The Bertz CT molecular complexity index is 478. The smallest absolute Gasteiger partial charge is 0.309 e. The second-order valence-electron chi connectivity index (χ2n) is 5.91. The number of carboxylic acids is 1. The van der Waals surface area contributed by atoms with Crippen molar-refractivity contribution in [3.05, 3.63) is 0 Å². The number of sulfonamides is 1. The van der Waals surface area contributed by atoms with E-state index in [-0.39, 0.29) is 18.4 Å². The highest BCUT2D eigenvalue weighted by atomic mass is 32.2. The summed E-state index contributed by atoms with van der Waals surface area (Å²) in [5, 5.41) is 9.01. The van der Waals surface area contributed by atoms with E-state index >= 15 is 0 Å². The average Bonchev–Trinajstić information content (AvgIpc) is 2.26. The molecule has 0 aromatic carbocycles. The number of hydrogen-bond acceptors (Lipinski definition) is 4. The summed E-state index contributed by atoms with van der Waals surface area (Å²) in [6.07, 6.45) is 2.16. The maximum atomic E-state index is 12.0. The zero-order chi connectivity index (χ0) is 15.6. The molecule has 1 saturated heterocycles. The Balaban J connectivity index is 2.49. The maximum absolute atomic E-state index is 12.0. The van der Waals surface area contributed by atoms with Gasteiger partial charge in [0.2, 0.25) is 15.9 Å². The Morgan fingerprint density at radius 2 is 1.80 bits per heavy atom. The lowest BCUT2D eigenvalue weighted by molar-refractivity contribution is -0.151. The Morgan fingerprint density at radius 1 is 1.30 bits per heavy atom. The van der Waals surface area contributed by atoms with Crippen molar-refractivity contribution in [3.8, 4) is 0 Å². The van der Waals surface area contributed by atoms with Gasteiger partial charge in [-0.1, -0.05) is 0 Å². The third kappa shape index (κ3) is 5.09. The number of hydrogen-bond donors (Lipinski definition) is 2. The molecular weight excluding hydrogens is 284 g/mol. The zero-order valence-corrected chi connectivity index (χ0v) is 12.9. The largest absolute Gasteiger partial charge is 0.481 e. The minimum Gasteiger partial charge on any atom is -0.481 e. The number of piperidine rings is 1. The normalized spacial score (nSPS) is 18.1. The van der Waals surface area contributed by atoms with E-state index in [0.29, 0.717) is 25.9 Å². The van der Waals surface area contributed by atoms with Crippen molar-refractivity contribution < 1.29 is 23.1 Å². The van der Waals surface area contributed by atoms with Crippen LogP contribution in [0.1, 0.15) is 33.1 Å². The molecule has 1 amide bonds. The van der Waals surface area contributed by atoms with E-state index in [1.54, 1.807) is 4.90 Å². The number of nitrogens with zero attached hydrogens (tertiary/aromatic N) is 1. The SMILES string of the molecule is CC(C)(CC(=O)N1CCC(NS(C)(=O)=O)CC1)C(=O)O. The van der Waals surface area contributed by atoms with Gasteiger partial charge in [-0.15, -0.1) is 0 Å². The first-order chi connectivity index (χ1) is 9.01. The molecule has 8 heteroatoms. The summed E-state index contributed by atoms with van der Waals surface area (Å²) in [5.74, 6) is -1.20. The summed E-state index contributed by atoms with van der Waals surface area (Å²) in [6, 6.07) is -0.151. The lowest BCUT2D eigenvalue weighted by atomic mass is 9.88. The Labute approximate surface area is 119 Å². The topological polar surface area (TPSA) is 104 Å². The second kappa shape index (κ2) is 6.09. The molecule has 116 valence electrons. The first-order valence-electron chi connectivity index (χ1n) is 6.50. The molecule has 0 aromatic heterocycles. The summed E-state index contributed by atoms with van der Waals surface area (Å²) >= 11 is 0. The molecule has 1 aliphatic heterocycles. The van der Waals surface area contributed by atoms with Gasteiger partial charge in [0, 0.05) is 25.6 Å². The van der Waals surface area contributed by atoms with Gasteiger partial charge in [-0.3, -0.25) is 9.59 Å². The summed E-state index contributed by atoms with van der Waals surface area (Å²) in [4.78, 5) is 24.6. The molecule has 1 heterocycles. The van der Waals surface area contributed by atoms with Gasteiger partial charge in [0.25, 0.3) is 0 Å². The fourth-order valence-electron chi connectivity index (χ4n) is 2.11. The molecular formula is C12H22N2O5S. The van der Waals surface area contributed by atoms with Gasteiger partial charge in [0.15, 0.2) is 0 Å². The van der Waals surface area contributed by atoms with Crippen molar-refractivity contribution in [2.75, 3.05) is 19.3 Å². The summed E-state index contributed by atoms with van der Waals surface area (Å²) in [6.45, 7) is 3.93. The number of likely N-dealkylation sites (tertiary alicyclic amines) is 1. The van der Waals surface area contributed by atoms with Crippen LogP contribution in [0.2, 0.25) is 0 Å². The number of carbonyl (C=O) groups is 2. The molecule has 0 aromatic rings. The quantitative estimate of drug-likeness (QED) is 0.745. The van der Waals surface area contributed by atoms with Crippen molar-refractivity contribution in [3.63, 3.8) is 0 Å². The van der Waals surface area contributed by atoms with Gasteiger partial charge in [-0.05, 0) is 26.7 Å². The van der Waals surface area contributed by atoms with Crippen molar-refractivity contribution in [2.24, 2.45) is 5.41 Å². The molecule has 0 unspecified atom stereocenters. The Hall–Kier alpha value is -1.15. The molecule has 2 N–H and O–H groups in total. The van der Waals surface area contributed by atoms with E-state index in [0.717, 1.165) is 6.26 Å². The molecule has 0 spiro atoms. The third-order valence-electron chi connectivity index (χ3n) is 3.40. The zero-order valence-electron chi connectivity index (χ0n) is 12.0. The molecule has 0 radical (unpaired) electrons. The van der Waals surface area contributed by atoms with E-state index in [1.807, 2.05) is 0 Å². The first kappa shape index (κ1) is 16.9. The molecule has 1 aliphatic rings. The van der Waals surface area contributed by atoms with Crippen molar-refractivity contribution >= 4 is 21.9 Å². The molecule has 1 rings (SSSR count). The fourth-order valence-corrected chi connectivity index (χ4v) is 2.96. The number of carbonyl (C=O) groups excluding carboxylic acids is 1. The van der Waals surface area contributed by atoms with Crippen LogP contribution < -0.4 is 4.72 Å². The van der Waals surface area contributed by atoms with Crippen LogP contribution >= 0.6 is 0 Å². The molecule has 0 bridgehead atoms. The number of carboxylic acid groups (broad SMARTS) is 1. The van der Waals surface area contributed by atoms with Gasteiger partial charge in [0.1, 0.15) is 0 Å². The van der Waals surface area contributed by atoms with Crippen molar-refractivity contribution in [2.45, 2.75) is 39.2 Å². The van der Waals surface area contributed by atoms with Gasteiger partial charge >= 0.3 is 5.97 Å². The molecule has 7 nitrogen and oxygen atoms in total. The van der Waals surface area contributed by atoms with E-state index in [2.05, 4.69) is 4.72 Å². The Kier molecular flexibility index (Phi) is 5.15. The number of rotatable bonds is 5. The molecule has 0 saturated carbocycles. The lowest BCUT2D eigenvalue weighted by Gasteiger charge is -2.33. The van der Waals surface area contributed by atoms with Crippen LogP contribution in [0.4, 0.5) is 0 Å². The molecule has 0 aliphatic carbocycles. The van der Waals surface area contributed by atoms with E-state index < -0.39 is 21.4 Å². The number of amides is 1. The summed E-state index contributed by atoms with van der Waals surface area (Å²) in [5.41, 5.74) is -1.08. The van der Waals surface area contributed by atoms with Crippen LogP contribution in [-0.4, -0.2) is 55.7 Å². The lowest BCUT2D eigenvalue weighted by Crippen LogP contribution is -2.47. The molecule has 0 atom stereocenters. The van der Waals surface area contributed by atoms with Gasteiger partial charge in [-0.2, -0.15) is 0 Å². The van der Waals surface area contributed by atoms with E-state index in [1.165, 1.54) is 13.8 Å². The van der Waals surface area contributed by atoms with E-state index in [4.69, 9.17) is 5.11 Å². The van der Waals surface area contributed by atoms with Crippen LogP contribution in [0.25, 0.3) is 0 Å². The van der Waals surface area contributed by atoms with Crippen LogP contribution in [0, 0.1) is 5.41 Å². The monoisotopic (exact) mass is 306 g/mol. The van der Waals surface area contributed by atoms with Gasteiger partial charge in [-0.25, -0.2) is 13.1 Å². The van der Waals surface area contributed by atoms with Crippen LogP contribution in [0.3, 0.4) is 0 Å². The van der Waals surface area contributed by atoms with Crippen molar-refractivity contribution in [1.82, 2.24) is 9.62 Å². The number of nitrogens with one attached hydrogen (secondary N) is 1. The highest BCUT2D eigenvalue weighted by Gasteiger charge is 2.33. The van der Waals surface area contributed by atoms with Crippen molar-refractivity contribution in [1.29, 1.82) is 0 Å². The van der Waals surface area contributed by atoms with Crippen LogP contribution in [-0.2, 0) is 19.6 Å². The predicted molar refractivity (Wildman–Crippen MR) is 73.6 cm³/mol. The standard InChI is InChI=1S/C12H22N2O5S/c1-12(2,11(16)17)8-10(15)14-6-4-9(5-7-14)13-20(3,18)19/h9,13H,4-8H2,1-3H3,(H,16,17). The minimum atomic E-state index is -3.23. The maximum Gasteiger partial charge on any atom is 0.309 e. The molecule has 1 fully saturated rings. The van der Waals surface area contributed by atoms with E-state index in [9.17, 15) is 18.0 Å². The fraction of sp³-hybridized carbons (Fsp3) is 0.833. The molecule has 20 heavy (non-hydrogen) atoms. The third-order valence-corrected chi connectivity index (χ3v) is 4.16.